The van der Waals surface area contributed by atoms with Gasteiger partial charge in [-0.15, -0.1) is 5.10 Å². The molecular weight excluding hydrogens is 660 g/mol. The minimum absolute atomic E-state index is 0.0935. The predicted octanol–water partition coefficient (Wildman–Crippen LogP) is 6.35. The van der Waals surface area contributed by atoms with Crippen LogP contribution in [-0.4, -0.2) is 91.2 Å². The van der Waals surface area contributed by atoms with Crippen LogP contribution in [0.15, 0.2) is 30.7 Å². The number of amides is 1. The zero-order chi connectivity index (χ0) is 36.2. The lowest BCUT2D eigenvalue weighted by Crippen LogP contribution is -2.55. The molecule has 4 aliphatic rings. The normalized spacial score (nSPS) is 23.4. The maximum Gasteiger partial charge on any atom is 0.407 e. The number of aromatic nitrogens is 7. The van der Waals surface area contributed by atoms with E-state index >= 15 is 0 Å². The van der Waals surface area contributed by atoms with Gasteiger partial charge in [0.25, 0.3) is 0 Å². The monoisotopic (exact) mass is 712 g/mol. The maximum absolute atomic E-state index is 12.8. The fourth-order valence-corrected chi connectivity index (χ4v) is 8.24. The second kappa shape index (κ2) is 13.6. The first-order valence-corrected chi connectivity index (χ1v) is 19.0. The summed E-state index contributed by atoms with van der Waals surface area (Å²) in [6.07, 6.45) is 11.7. The van der Waals surface area contributed by atoms with Crippen molar-refractivity contribution in [1.29, 1.82) is 0 Å². The number of hydrogen-bond donors (Lipinski definition) is 1. The Kier molecular flexibility index (Phi) is 9.09. The van der Waals surface area contributed by atoms with Gasteiger partial charge in [0, 0.05) is 49.5 Å². The van der Waals surface area contributed by atoms with E-state index in [0.29, 0.717) is 13.2 Å². The van der Waals surface area contributed by atoms with Gasteiger partial charge in [-0.05, 0) is 98.6 Å². The van der Waals surface area contributed by atoms with Crippen LogP contribution < -0.4 is 15.1 Å². The second-order valence-electron chi connectivity index (χ2n) is 16.2. The van der Waals surface area contributed by atoms with Crippen molar-refractivity contribution in [3.05, 3.63) is 36.4 Å². The van der Waals surface area contributed by atoms with E-state index < -0.39 is 11.7 Å². The number of alkyl carbamates (subject to hydrolysis) is 1. The van der Waals surface area contributed by atoms with Gasteiger partial charge in [0.05, 0.1) is 48.2 Å². The largest absolute Gasteiger partial charge is 0.444 e. The first-order chi connectivity index (χ1) is 25.0. The van der Waals surface area contributed by atoms with Gasteiger partial charge in [-0.2, -0.15) is 5.10 Å². The number of nitrogens with one attached hydrogen (secondary N) is 1. The molecule has 278 valence electrons. The average molecular weight is 713 g/mol. The van der Waals surface area contributed by atoms with Crippen LogP contribution in [0.5, 0.6) is 0 Å². The highest BCUT2D eigenvalue weighted by atomic mass is 16.6. The van der Waals surface area contributed by atoms with Gasteiger partial charge < -0.3 is 29.3 Å². The van der Waals surface area contributed by atoms with Crippen LogP contribution in [0.2, 0.25) is 0 Å². The third-order valence-electron chi connectivity index (χ3n) is 11.0. The van der Waals surface area contributed by atoms with Crippen LogP contribution in [-0.2, 0) is 20.6 Å². The van der Waals surface area contributed by atoms with E-state index in [1.165, 1.54) is 0 Å². The minimum Gasteiger partial charge on any atom is -0.444 e. The number of pyridine rings is 1. The molecule has 1 spiro atoms. The Morgan fingerprint density at radius 1 is 1.06 bits per heavy atom. The summed E-state index contributed by atoms with van der Waals surface area (Å²) < 4.78 is 22.0. The summed E-state index contributed by atoms with van der Waals surface area (Å²) >= 11 is 0. The number of anilines is 3. The highest BCUT2D eigenvalue weighted by molar-refractivity contribution is 5.88. The van der Waals surface area contributed by atoms with Crippen molar-refractivity contribution in [3.63, 3.8) is 0 Å². The fraction of sp³-hybridized carbons (Fsp3) is 0.632. The number of ether oxygens (including phenoxy) is 3. The minimum atomic E-state index is -0.563. The van der Waals surface area contributed by atoms with E-state index in [1.54, 1.807) is 0 Å². The summed E-state index contributed by atoms with van der Waals surface area (Å²) in [4.78, 5) is 32.8. The average Bonchev–Trinajstić information content (AvgIpc) is 3.85. The van der Waals surface area contributed by atoms with Gasteiger partial charge in [-0.3, -0.25) is 9.67 Å². The Bertz CT molecular complexity index is 1920. The molecule has 4 aliphatic heterocycles. The van der Waals surface area contributed by atoms with Crippen molar-refractivity contribution in [1.82, 2.24) is 39.8 Å². The first kappa shape index (κ1) is 34.8. The van der Waals surface area contributed by atoms with Gasteiger partial charge in [0.2, 0.25) is 0 Å². The molecule has 8 rings (SSSR count). The molecule has 4 aromatic heterocycles. The lowest BCUT2D eigenvalue weighted by atomic mass is 9.73. The molecule has 1 unspecified atom stereocenters. The number of aryl methyl sites for hydroxylation is 1. The summed E-state index contributed by atoms with van der Waals surface area (Å²) in [5.74, 6) is 1.61. The number of rotatable bonds is 6. The Morgan fingerprint density at radius 2 is 1.88 bits per heavy atom. The van der Waals surface area contributed by atoms with E-state index in [9.17, 15) is 4.79 Å². The van der Waals surface area contributed by atoms with E-state index in [0.717, 1.165) is 110 Å². The van der Waals surface area contributed by atoms with Gasteiger partial charge in [0.15, 0.2) is 23.2 Å². The Hall–Kier alpha value is -4.30. The summed E-state index contributed by atoms with van der Waals surface area (Å²) in [6.45, 7) is 15.6. The van der Waals surface area contributed by atoms with E-state index in [4.69, 9.17) is 34.3 Å². The van der Waals surface area contributed by atoms with Crippen molar-refractivity contribution in [3.8, 4) is 11.3 Å². The number of carbonyl (C=O) groups is 1. The first-order valence-electron chi connectivity index (χ1n) is 19.0. The van der Waals surface area contributed by atoms with Gasteiger partial charge in [-0.1, -0.05) is 0 Å². The molecule has 3 atom stereocenters. The van der Waals surface area contributed by atoms with Crippen molar-refractivity contribution >= 4 is 34.6 Å². The maximum atomic E-state index is 12.8. The molecule has 52 heavy (non-hydrogen) atoms. The topological polar surface area (TPSA) is 138 Å². The molecule has 1 amide bonds. The lowest BCUT2D eigenvalue weighted by molar-refractivity contribution is -0.0368. The van der Waals surface area contributed by atoms with Crippen LogP contribution in [0.3, 0.4) is 0 Å². The number of nitrogens with zero attached hydrogens (tertiary/aromatic N) is 9. The molecule has 0 saturated carbocycles. The summed E-state index contributed by atoms with van der Waals surface area (Å²) in [7, 11) is 0. The van der Waals surface area contributed by atoms with Crippen LogP contribution in [0.25, 0.3) is 22.4 Å². The van der Waals surface area contributed by atoms with E-state index in [2.05, 4.69) is 52.4 Å². The standard InChI is InChI=1S/C38H52N10O4/c1-24(2)47-22-26(20-40-47)27-12-13-29-28(41-27)10-9-16-46(29)35-32-34(48(44-35)31-11-7-8-19-50-31)42-30(21-39-32)45-17-14-38(15-18-45)23-51-25(3)33(38)43-36(49)52-37(4,5)6/h12-13,20-22,24-25,31,33H,7-11,14-19,23H2,1-6H3,(H,43,49)/t25-,31?,33+/m0/s1. The summed E-state index contributed by atoms with van der Waals surface area (Å²) in [6, 6.07) is 4.41. The third-order valence-corrected chi connectivity index (χ3v) is 11.0. The quantitative estimate of drug-likeness (QED) is 0.240. The Morgan fingerprint density at radius 3 is 2.62 bits per heavy atom. The van der Waals surface area contributed by atoms with Gasteiger partial charge in [0.1, 0.15) is 11.4 Å². The lowest BCUT2D eigenvalue weighted by Gasteiger charge is -2.42. The molecular formula is C38H52N10O4. The molecule has 3 fully saturated rings. The highest BCUT2D eigenvalue weighted by Gasteiger charge is 2.50. The van der Waals surface area contributed by atoms with Crippen LogP contribution in [0.1, 0.15) is 98.0 Å². The van der Waals surface area contributed by atoms with Gasteiger partial charge >= 0.3 is 6.09 Å². The number of fused-ring (bicyclic) bond motifs is 2. The van der Waals surface area contributed by atoms with Gasteiger partial charge in [-0.25, -0.2) is 19.4 Å². The molecule has 1 N–H and O–H groups in total. The van der Waals surface area contributed by atoms with Crippen molar-refractivity contribution in [2.75, 3.05) is 42.6 Å². The van der Waals surface area contributed by atoms with Crippen molar-refractivity contribution in [2.24, 2.45) is 5.41 Å². The SMILES string of the molecule is CC(C)n1cc(-c2ccc3c(n2)CCCN3c2nn(C3CCCCO3)c3nc(N4CCC5(CC4)CO[C@@H](C)[C@H]5NC(=O)OC(C)(C)C)cnc23)cn1. The molecule has 8 heterocycles. The predicted molar refractivity (Wildman–Crippen MR) is 198 cm³/mol. The Labute approximate surface area is 305 Å². The van der Waals surface area contributed by atoms with E-state index in [-0.39, 0.29) is 29.8 Å². The molecule has 0 aliphatic carbocycles. The fourth-order valence-electron chi connectivity index (χ4n) is 8.24. The number of hydrogen-bond acceptors (Lipinski definition) is 11. The van der Waals surface area contributed by atoms with Crippen molar-refractivity contribution < 1.29 is 19.0 Å². The van der Waals surface area contributed by atoms with Crippen molar-refractivity contribution in [2.45, 2.75) is 117 Å². The zero-order valence-electron chi connectivity index (χ0n) is 31.3. The molecule has 14 heteroatoms. The van der Waals surface area contributed by atoms with Crippen LogP contribution in [0.4, 0.5) is 22.1 Å². The molecule has 14 nitrogen and oxygen atoms in total. The smallest absolute Gasteiger partial charge is 0.407 e. The number of piperidine rings is 1. The number of carbonyl (C=O) groups excluding carboxylic acids is 1. The van der Waals surface area contributed by atoms with Crippen LogP contribution >= 0.6 is 0 Å². The molecule has 3 saturated heterocycles. The molecule has 4 aromatic rings. The molecule has 0 bridgehead atoms. The second-order valence-corrected chi connectivity index (χ2v) is 16.2. The molecule has 0 aromatic carbocycles. The third kappa shape index (κ3) is 6.59. The van der Waals surface area contributed by atoms with E-state index in [1.807, 2.05) is 49.5 Å². The van der Waals surface area contributed by atoms with Crippen LogP contribution in [0, 0.1) is 5.41 Å². The highest BCUT2D eigenvalue weighted by Crippen LogP contribution is 2.44. The summed E-state index contributed by atoms with van der Waals surface area (Å²) in [5, 5.41) is 12.9. The molecule has 0 radical (unpaired) electrons. The summed E-state index contributed by atoms with van der Waals surface area (Å²) in [5.41, 5.74) is 4.82. The Balaban J connectivity index is 1.07. The zero-order valence-corrected chi connectivity index (χ0v) is 31.3.